The first-order valence-corrected chi connectivity index (χ1v) is 9.85. The molecule has 0 bridgehead atoms. The van der Waals surface area contributed by atoms with Crippen LogP contribution >= 0.6 is 24.0 Å². The van der Waals surface area contributed by atoms with Gasteiger partial charge in [-0.25, -0.2) is 9.48 Å². The second kappa shape index (κ2) is 11.0. The number of nitrogens with one attached hydrogen (secondary N) is 1. The lowest BCUT2D eigenvalue weighted by atomic mass is 10.2. The second-order valence-corrected chi connectivity index (χ2v) is 7.30. The van der Waals surface area contributed by atoms with E-state index in [0.717, 1.165) is 76.2 Å². The number of nitrogens with zero attached hydrogens (tertiary/aromatic N) is 5. The van der Waals surface area contributed by atoms with Crippen molar-refractivity contribution in [3.8, 4) is 0 Å². The Hall–Kier alpha value is -1.10. The van der Waals surface area contributed by atoms with Gasteiger partial charge in [-0.15, -0.1) is 24.0 Å². The van der Waals surface area contributed by atoms with Crippen molar-refractivity contribution in [3.05, 3.63) is 16.3 Å². The zero-order valence-corrected chi connectivity index (χ0v) is 18.9. The molecule has 27 heavy (non-hydrogen) atoms. The first-order chi connectivity index (χ1) is 12.7. The average Bonchev–Trinajstić information content (AvgIpc) is 3.43. The Morgan fingerprint density at radius 2 is 2.22 bits per heavy atom. The van der Waals surface area contributed by atoms with Crippen LogP contribution in [0.15, 0.2) is 9.79 Å². The Kier molecular flexibility index (Phi) is 9.07. The number of aromatic nitrogens is 3. The van der Waals surface area contributed by atoms with Gasteiger partial charge in [0.15, 0.2) is 5.96 Å². The third-order valence-electron chi connectivity index (χ3n) is 5.06. The number of rotatable bonds is 9. The molecule has 154 valence electrons. The van der Waals surface area contributed by atoms with Crippen molar-refractivity contribution in [1.29, 1.82) is 0 Å². The standard InChI is InChI=1S/C18H32N6O2.HI/c1-19-17(22(2)12-13-26-14-15-7-8-15)20-9-5-11-24-18(25)23-10-4-3-6-16(23)21-24;/h15H,3-14H2,1-2H3,(H,19,20);1H. The number of aryl methyl sites for hydroxylation is 2. The van der Waals surface area contributed by atoms with Crippen molar-refractivity contribution < 1.29 is 4.74 Å². The summed E-state index contributed by atoms with van der Waals surface area (Å²) >= 11 is 0. The van der Waals surface area contributed by atoms with Crippen LogP contribution in [0.25, 0.3) is 0 Å². The topological polar surface area (TPSA) is 76.7 Å². The molecule has 0 aromatic carbocycles. The minimum atomic E-state index is 0. The highest BCUT2D eigenvalue weighted by atomic mass is 127. The summed E-state index contributed by atoms with van der Waals surface area (Å²) < 4.78 is 9.12. The Bertz CT molecular complexity index is 667. The molecule has 3 rings (SSSR count). The molecule has 1 aromatic heterocycles. The van der Waals surface area contributed by atoms with E-state index in [2.05, 4.69) is 20.3 Å². The fourth-order valence-electron chi connectivity index (χ4n) is 3.25. The molecule has 8 nitrogen and oxygen atoms in total. The fraction of sp³-hybridized carbons (Fsp3) is 0.833. The van der Waals surface area contributed by atoms with E-state index in [4.69, 9.17) is 4.74 Å². The molecule has 2 aliphatic rings. The third kappa shape index (κ3) is 6.48. The molecular formula is C18H33IN6O2. The number of hydrogen-bond donors (Lipinski definition) is 1. The smallest absolute Gasteiger partial charge is 0.345 e. The van der Waals surface area contributed by atoms with E-state index in [1.807, 2.05) is 11.6 Å². The van der Waals surface area contributed by atoms with Gasteiger partial charge in [0, 0.05) is 53.3 Å². The minimum absolute atomic E-state index is 0. The highest BCUT2D eigenvalue weighted by Crippen LogP contribution is 2.28. The van der Waals surface area contributed by atoms with Crippen LogP contribution < -0.4 is 11.0 Å². The molecule has 1 fully saturated rings. The lowest BCUT2D eigenvalue weighted by Gasteiger charge is -2.22. The van der Waals surface area contributed by atoms with Crippen molar-refractivity contribution in [2.75, 3.05) is 40.4 Å². The third-order valence-corrected chi connectivity index (χ3v) is 5.06. The fourth-order valence-corrected chi connectivity index (χ4v) is 3.25. The number of fused-ring (bicyclic) bond motifs is 1. The van der Waals surface area contributed by atoms with Gasteiger partial charge in [0.05, 0.1) is 6.61 Å². The van der Waals surface area contributed by atoms with Crippen molar-refractivity contribution in [2.24, 2.45) is 10.9 Å². The average molecular weight is 492 g/mol. The summed E-state index contributed by atoms with van der Waals surface area (Å²) in [5.74, 6) is 2.60. The van der Waals surface area contributed by atoms with Crippen LogP contribution in [-0.4, -0.2) is 65.6 Å². The van der Waals surface area contributed by atoms with Crippen LogP contribution in [0.3, 0.4) is 0 Å². The summed E-state index contributed by atoms with van der Waals surface area (Å²) in [7, 11) is 3.81. The molecule has 1 aliphatic carbocycles. The number of likely N-dealkylation sites (N-methyl/N-ethyl adjacent to an activating group) is 1. The zero-order chi connectivity index (χ0) is 18.4. The van der Waals surface area contributed by atoms with Crippen LogP contribution in [0.5, 0.6) is 0 Å². The minimum Gasteiger partial charge on any atom is -0.379 e. The molecule has 0 spiro atoms. The molecule has 9 heteroatoms. The van der Waals surface area contributed by atoms with Crippen molar-refractivity contribution in [1.82, 2.24) is 24.6 Å². The first kappa shape index (κ1) is 22.2. The maximum absolute atomic E-state index is 12.3. The highest BCUT2D eigenvalue weighted by molar-refractivity contribution is 14.0. The normalized spacial score (nSPS) is 16.6. The summed E-state index contributed by atoms with van der Waals surface area (Å²) in [5, 5.41) is 7.83. The molecule has 0 atom stereocenters. The highest BCUT2D eigenvalue weighted by Gasteiger charge is 2.21. The molecule has 0 unspecified atom stereocenters. The van der Waals surface area contributed by atoms with Crippen LogP contribution in [0.2, 0.25) is 0 Å². The Morgan fingerprint density at radius 1 is 1.41 bits per heavy atom. The van der Waals surface area contributed by atoms with Gasteiger partial charge in [0.2, 0.25) is 0 Å². The summed E-state index contributed by atoms with van der Waals surface area (Å²) in [6, 6.07) is 0. The van der Waals surface area contributed by atoms with E-state index >= 15 is 0 Å². The van der Waals surface area contributed by atoms with E-state index in [9.17, 15) is 4.79 Å². The SMILES string of the molecule is CN=C(NCCCn1nc2n(c1=O)CCCC2)N(C)CCOCC1CC1.I. The Morgan fingerprint density at radius 3 is 2.93 bits per heavy atom. The summed E-state index contributed by atoms with van der Waals surface area (Å²) in [6.07, 6.45) is 6.60. The van der Waals surface area contributed by atoms with Crippen LogP contribution in [-0.2, 0) is 24.2 Å². The lowest BCUT2D eigenvalue weighted by molar-refractivity contribution is 0.115. The molecule has 0 amide bonds. The van der Waals surface area contributed by atoms with Crippen molar-refractivity contribution >= 4 is 29.9 Å². The van der Waals surface area contributed by atoms with E-state index in [1.165, 1.54) is 12.8 Å². The van der Waals surface area contributed by atoms with Gasteiger partial charge in [0.25, 0.3) is 0 Å². The number of halogens is 1. The maximum Gasteiger partial charge on any atom is 0.345 e. The van der Waals surface area contributed by atoms with Crippen LogP contribution in [0.1, 0.15) is 37.9 Å². The van der Waals surface area contributed by atoms with Gasteiger partial charge < -0.3 is 15.0 Å². The first-order valence-electron chi connectivity index (χ1n) is 9.85. The van der Waals surface area contributed by atoms with E-state index in [0.29, 0.717) is 6.54 Å². The van der Waals surface area contributed by atoms with Gasteiger partial charge in [-0.1, -0.05) is 0 Å². The molecule has 1 N–H and O–H groups in total. The quantitative estimate of drug-likeness (QED) is 0.244. The van der Waals surface area contributed by atoms with Gasteiger partial charge >= 0.3 is 5.69 Å². The van der Waals surface area contributed by atoms with Crippen LogP contribution in [0.4, 0.5) is 0 Å². The van der Waals surface area contributed by atoms with Crippen LogP contribution in [0, 0.1) is 5.92 Å². The monoisotopic (exact) mass is 492 g/mol. The molecule has 0 saturated heterocycles. The Labute approximate surface area is 178 Å². The number of aliphatic imine (C=N–C) groups is 1. The molecular weight excluding hydrogens is 459 g/mol. The molecule has 1 aliphatic heterocycles. The van der Waals surface area contributed by atoms with E-state index < -0.39 is 0 Å². The van der Waals surface area contributed by atoms with Gasteiger partial charge in [-0.05, 0) is 38.0 Å². The maximum atomic E-state index is 12.3. The van der Waals surface area contributed by atoms with Crippen molar-refractivity contribution in [3.63, 3.8) is 0 Å². The summed E-state index contributed by atoms with van der Waals surface area (Å²) in [6.45, 7) is 4.64. The van der Waals surface area contributed by atoms with Gasteiger partial charge in [-0.2, -0.15) is 5.10 Å². The largest absolute Gasteiger partial charge is 0.379 e. The predicted molar refractivity (Wildman–Crippen MR) is 117 cm³/mol. The van der Waals surface area contributed by atoms with E-state index in [1.54, 1.807) is 11.7 Å². The molecule has 1 saturated carbocycles. The van der Waals surface area contributed by atoms with Gasteiger partial charge in [-0.3, -0.25) is 9.56 Å². The zero-order valence-electron chi connectivity index (χ0n) is 16.5. The number of hydrogen-bond acceptors (Lipinski definition) is 4. The van der Waals surface area contributed by atoms with E-state index in [-0.39, 0.29) is 29.7 Å². The van der Waals surface area contributed by atoms with Crippen molar-refractivity contribution in [2.45, 2.75) is 51.6 Å². The predicted octanol–water partition coefficient (Wildman–Crippen LogP) is 1.32. The molecule has 0 radical (unpaired) electrons. The molecule has 1 aromatic rings. The summed E-state index contributed by atoms with van der Waals surface area (Å²) in [4.78, 5) is 18.7. The number of guanidine groups is 1. The number of ether oxygens (including phenoxy) is 1. The summed E-state index contributed by atoms with van der Waals surface area (Å²) in [5.41, 5.74) is 0.0361. The Balaban J connectivity index is 0.00000261. The molecule has 2 heterocycles. The van der Waals surface area contributed by atoms with Gasteiger partial charge in [0.1, 0.15) is 5.82 Å². The lowest BCUT2D eigenvalue weighted by Crippen LogP contribution is -2.41. The second-order valence-electron chi connectivity index (χ2n) is 7.30.